The predicted molar refractivity (Wildman–Crippen MR) is 103 cm³/mol. The molecule has 8 nitrogen and oxygen atoms in total. The molecule has 0 bridgehead atoms. The Morgan fingerprint density at radius 2 is 1.87 bits per heavy atom. The lowest BCUT2D eigenvalue weighted by molar-refractivity contribution is -0.130. The van der Waals surface area contributed by atoms with Gasteiger partial charge in [-0.25, -0.2) is 0 Å². The molecule has 4 aliphatic rings. The van der Waals surface area contributed by atoms with Crippen LogP contribution >= 0.6 is 0 Å². The Kier molecular flexibility index (Phi) is 3.80. The quantitative estimate of drug-likeness (QED) is 0.768. The molecule has 160 valence electrons. The number of methoxy groups -OCH3 is 3. The van der Waals surface area contributed by atoms with Crippen LogP contribution in [-0.4, -0.2) is 50.2 Å². The number of carbonyl (C=O) groups is 1. The summed E-state index contributed by atoms with van der Waals surface area (Å²) < 4.78 is 27.7. The highest BCUT2D eigenvalue weighted by Crippen LogP contribution is 2.74. The molecule has 1 spiro atoms. The van der Waals surface area contributed by atoms with Gasteiger partial charge in [-0.15, -0.1) is 0 Å². The van der Waals surface area contributed by atoms with E-state index in [0.29, 0.717) is 33.9 Å². The van der Waals surface area contributed by atoms with E-state index in [1.54, 1.807) is 12.1 Å². The van der Waals surface area contributed by atoms with Gasteiger partial charge in [-0.1, -0.05) is 13.8 Å². The number of ketones is 1. The molecule has 2 N–H and O–H groups in total. The first-order valence-corrected chi connectivity index (χ1v) is 9.76. The fourth-order valence-electron chi connectivity index (χ4n) is 6.01. The Morgan fingerprint density at radius 1 is 1.13 bits per heavy atom. The third-order valence-electron chi connectivity index (χ3n) is 7.55. The van der Waals surface area contributed by atoms with Crippen molar-refractivity contribution in [2.75, 3.05) is 28.1 Å². The molecule has 1 heterocycles. The third kappa shape index (κ3) is 1.75. The SMILES string of the molecule is COC1=C(OC)C(=O)C23C(=C1)C(O)C(C)C2(C)C(O)c1cc2c(c(OC)c13)OCO2. The molecule has 5 unspecified atom stereocenters. The van der Waals surface area contributed by atoms with Gasteiger partial charge < -0.3 is 33.9 Å². The van der Waals surface area contributed by atoms with Crippen molar-refractivity contribution in [3.05, 3.63) is 40.4 Å². The minimum Gasteiger partial charge on any atom is -0.493 e. The number of benzene rings is 1. The minimum atomic E-state index is -1.40. The van der Waals surface area contributed by atoms with Gasteiger partial charge in [0.15, 0.2) is 17.3 Å². The normalized spacial score (nSPS) is 35.6. The van der Waals surface area contributed by atoms with E-state index in [1.807, 2.05) is 13.8 Å². The molecule has 30 heavy (non-hydrogen) atoms. The van der Waals surface area contributed by atoms with E-state index in [-0.39, 0.29) is 24.1 Å². The van der Waals surface area contributed by atoms with Crippen molar-refractivity contribution in [3.63, 3.8) is 0 Å². The summed E-state index contributed by atoms with van der Waals surface area (Å²) in [6.45, 7) is 3.67. The predicted octanol–water partition coefficient (Wildman–Crippen LogP) is 1.74. The standard InChI is InChI=1S/C22H24O8/c1-9-15(23)11-7-12(26-3)17(27-4)20(25)22(11)14-10(19(24)21(9,22)2)6-13-16(18(14)28-5)30-8-29-13/h6-7,9,15,19,23-24H,8H2,1-5H3. The maximum absolute atomic E-state index is 14.1. The van der Waals surface area contributed by atoms with Crippen molar-refractivity contribution in [1.29, 1.82) is 0 Å². The van der Waals surface area contributed by atoms with Crippen molar-refractivity contribution < 1.29 is 38.7 Å². The molecule has 3 aliphatic carbocycles. The van der Waals surface area contributed by atoms with Crippen LogP contribution in [0.2, 0.25) is 0 Å². The van der Waals surface area contributed by atoms with Crippen LogP contribution in [0.3, 0.4) is 0 Å². The molecule has 1 saturated carbocycles. The van der Waals surface area contributed by atoms with Crippen molar-refractivity contribution in [2.24, 2.45) is 11.3 Å². The third-order valence-corrected chi connectivity index (χ3v) is 7.55. The fourth-order valence-corrected chi connectivity index (χ4v) is 6.01. The number of hydrogen-bond donors (Lipinski definition) is 2. The second-order valence-electron chi connectivity index (χ2n) is 8.31. The van der Waals surface area contributed by atoms with Crippen LogP contribution in [0.5, 0.6) is 17.2 Å². The van der Waals surface area contributed by atoms with Crippen LogP contribution in [0.4, 0.5) is 0 Å². The van der Waals surface area contributed by atoms with Gasteiger partial charge in [-0.2, -0.15) is 0 Å². The molecule has 5 atom stereocenters. The Balaban J connectivity index is 1.93. The molecule has 1 aliphatic heterocycles. The average Bonchev–Trinajstić information content (AvgIpc) is 3.34. The van der Waals surface area contributed by atoms with E-state index >= 15 is 0 Å². The topological polar surface area (TPSA) is 104 Å². The van der Waals surface area contributed by atoms with Gasteiger partial charge in [-0.3, -0.25) is 4.79 Å². The molecule has 0 radical (unpaired) electrons. The van der Waals surface area contributed by atoms with Crippen LogP contribution in [0.25, 0.3) is 0 Å². The van der Waals surface area contributed by atoms with E-state index in [2.05, 4.69) is 0 Å². The number of Topliss-reactive ketones (excluding diaryl/α,β-unsaturated/α-hetero) is 1. The summed E-state index contributed by atoms with van der Waals surface area (Å²) in [5, 5.41) is 22.8. The average molecular weight is 416 g/mol. The van der Waals surface area contributed by atoms with Crippen molar-refractivity contribution in [1.82, 2.24) is 0 Å². The van der Waals surface area contributed by atoms with Crippen molar-refractivity contribution in [3.8, 4) is 17.2 Å². The summed E-state index contributed by atoms with van der Waals surface area (Å²) in [6, 6.07) is 1.70. The molecule has 0 amide bonds. The van der Waals surface area contributed by atoms with Crippen LogP contribution in [-0.2, 0) is 19.7 Å². The molecule has 5 rings (SSSR count). The fraction of sp³-hybridized carbons (Fsp3) is 0.500. The summed E-state index contributed by atoms with van der Waals surface area (Å²) in [5.74, 6) is 0.580. The van der Waals surface area contributed by atoms with Crippen LogP contribution in [0.1, 0.15) is 31.1 Å². The first kappa shape index (κ1) is 19.3. The van der Waals surface area contributed by atoms with Crippen LogP contribution < -0.4 is 14.2 Å². The molecular formula is C22H24O8. The molecule has 1 aromatic rings. The largest absolute Gasteiger partial charge is 0.493 e. The summed E-state index contributed by atoms with van der Waals surface area (Å²) >= 11 is 0. The number of rotatable bonds is 3. The Bertz CT molecular complexity index is 1040. The van der Waals surface area contributed by atoms with Gasteiger partial charge >= 0.3 is 0 Å². The summed E-state index contributed by atoms with van der Waals surface area (Å²) in [7, 11) is 4.32. The van der Waals surface area contributed by atoms with Crippen molar-refractivity contribution in [2.45, 2.75) is 31.5 Å². The zero-order valence-corrected chi connectivity index (χ0v) is 17.4. The molecule has 1 fully saturated rings. The first-order chi connectivity index (χ1) is 14.3. The highest BCUT2D eigenvalue weighted by molar-refractivity contribution is 6.10. The van der Waals surface area contributed by atoms with E-state index < -0.39 is 29.0 Å². The summed E-state index contributed by atoms with van der Waals surface area (Å²) in [4.78, 5) is 14.1. The monoisotopic (exact) mass is 416 g/mol. The molecule has 0 aromatic heterocycles. The first-order valence-electron chi connectivity index (χ1n) is 9.76. The zero-order valence-electron chi connectivity index (χ0n) is 17.4. The number of ether oxygens (including phenoxy) is 5. The smallest absolute Gasteiger partial charge is 0.231 e. The maximum atomic E-state index is 14.1. The number of aliphatic hydroxyl groups excluding tert-OH is 2. The van der Waals surface area contributed by atoms with Crippen molar-refractivity contribution >= 4 is 5.78 Å². The second kappa shape index (κ2) is 5.92. The second-order valence-corrected chi connectivity index (χ2v) is 8.31. The zero-order chi connectivity index (χ0) is 21.6. The number of hydrogen-bond acceptors (Lipinski definition) is 8. The lowest BCUT2D eigenvalue weighted by Crippen LogP contribution is -2.50. The van der Waals surface area contributed by atoms with Gasteiger partial charge in [-0.05, 0) is 29.2 Å². The van der Waals surface area contributed by atoms with Gasteiger partial charge in [0.1, 0.15) is 0 Å². The maximum Gasteiger partial charge on any atom is 0.231 e. The Morgan fingerprint density at radius 3 is 2.50 bits per heavy atom. The molecular weight excluding hydrogens is 392 g/mol. The lowest BCUT2D eigenvalue weighted by atomic mass is 9.58. The lowest BCUT2D eigenvalue weighted by Gasteiger charge is -2.43. The number of allylic oxidation sites excluding steroid dienone is 2. The van der Waals surface area contributed by atoms with Crippen LogP contribution in [0.15, 0.2) is 29.2 Å². The Labute approximate surface area is 173 Å². The van der Waals surface area contributed by atoms with Gasteiger partial charge in [0.25, 0.3) is 0 Å². The van der Waals surface area contributed by atoms with Gasteiger partial charge in [0.2, 0.25) is 24.1 Å². The molecule has 8 heteroatoms. The van der Waals surface area contributed by atoms with E-state index in [9.17, 15) is 15.0 Å². The number of fused-ring (bicyclic) bond motifs is 2. The van der Waals surface area contributed by atoms with E-state index in [1.165, 1.54) is 21.3 Å². The Hall–Kier alpha value is -2.71. The number of aliphatic hydroxyl groups is 2. The van der Waals surface area contributed by atoms with Gasteiger partial charge in [0.05, 0.1) is 39.0 Å². The summed E-state index contributed by atoms with van der Waals surface area (Å²) in [6.07, 6.45) is -0.378. The highest BCUT2D eigenvalue weighted by atomic mass is 16.7. The summed E-state index contributed by atoms with van der Waals surface area (Å²) in [5.41, 5.74) is -1.01. The minimum absolute atomic E-state index is 0.0155. The molecule has 0 saturated heterocycles. The number of carbonyl (C=O) groups excluding carboxylic acids is 1. The van der Waals surface area contributed by atoms with Gasteiger partial charge in [0, 0.05) is 11.0 Å². The van der Waals surface area contributed by atoms with E-state index in [0.717, 1.165) is 0 Å². The van der Waals surface area contributed by atoms with E-state index in [4.69, 9.17) is 23.7 Å². The highest BCUT2D eigenvalue weighted by Gasteiger charge is 2.76. The van der Waals surface area contributed by atoms with Crippen LogP contribution in [0, 0.1) is 11.3 Å². The molecule has 1 aromatic carbocycles.